The maximum atomic E-state index is 12.6. The molecule has 1 heterocycles. The Morgan fingerprint density at radius 2 is 1.62 bits per heavy atom. The molecule has 1 saturated heterocycles. The van der Waals surface area contributed by atoms with E-state index in [9.17, 15) is 14.4 Å². The van der Waals surface area contributed by atoms with E-state index in [0.29, 0.717) is 32.7 Å². The van der Waals surface area contributed by atoms with Crippen LogP contribution in [-0.4, -0.2) is 55.0 Å². The first kappa shape index (κ1) is 22.4. The van der Waals surface area contributed by atoms with E-state index in [-0.39, 0.29) is 24.7 Å². The van der Waals surface area contributed by atoms with Crippen LogP contribution in [0.5, 0.6) is 0 Å². The van der Waals surface area contributed by atoms with Crippen LogP contribution in [0.1, 0.15) is 71.1 Å². The van der Waals surface area contributed by atoms with Gasteiger partial charge in [0.25, 0.3) is 0 Å². The van der Waals surface area contributed by atoms with Crippen LogP contribution in [0.15, 0.2) is 0 Å². The molecule has 0 bridgehead atoms. The maximum absolute atomic E-state index is 12.6. The lowest BCUT2D eigenvalue weighted by atomic mass is 10.1. The van der Waals surface area contributed by atoms with Gasteiger partial charge in [-0.2, -0.15) is 0 Å². The van der Waals surface area contributed by atoms with Crippen LogP contribution in [0, 0.1) is 0 Å². The molecule has 0 saturated carbocycles. The Morgan fingerprint density at radius 3 is 2.23 bits per heavy atom. The van der Waals surface area contributed by atoms with Crippen LogP contribution >= 0.6 is 0 Å². The van der Waals surface area contributed by atoms with E-state index in [1.807, 2.05) is 0 Å². The van der Waals surface area contributed by atoms with E-state index in [1.54, 1.807) is 4.90 Å². The zero-order chi connectivity index (χ0) is 19.2. The molecule has 7 heteroatoms. The van der Waals surface area contributed by atoms with Crippen LogP contribution in [0.25, 0.3) is 0 Å². The third-order valence-corrected chi connectivity index (χ3v) is 4.64. The molecule has 1 aliphatic rings. The summed E-state index contributed by atoms with van der Waals surface area (Å²) in [6.45, 7) is 4.22. The van der Waals surface area contributed by atoms with Gasteiger partial charge in [0, 0.05) is 25.9 Å². The van der Waals surface area contributed by atoms with Crippen LogP contribution in [-0.2, 0) is 19.1 Å². The minimum Gasteiger partial charge on any atom is -0.378 e. The summed E-state index contributed by atoms with van der Waals surface area (Å²) in [5, 5.41) is 2.80. The summed E-state index contributed by atoms with van der Waals surface area (Å²) >= 11 is 0. The Morgan fingerprint density at radius 1 is 1.00 bits per heavy atom. The van der Waals surface area contributed by atoms with Crippen molar-refractivity contribution in [3.05, 3.63) is 0 Å². The first-order chi connectivity index (χ1) is 12.5. The minimum atomic E-state index is -0.683. The molecule has 1 atom stereocenters. The van der Waals surface area contributed by atoms with Gasteiger partial charge < -0.3 is 20.7 Å². The smallest absolute Gasteiger partial charge is 0.245 e. The topological polar surface area (TPSA) is 102 Å². The van der Waals surface area contributed by atoms with E-state index in [0.717, 1.165) is 19.3 Å². The van der Waals surface area contributed by atoms with Gasteiger partial charge in [-0.15, -0.1) is 0 Å². The number of amides is 3. The summed E-state index contributed by atoms with van der Waals surface area (Å²) in [7, 11) is 0. The number of carbonyl (C=O) groups is 3. The second-order valence-corrected chi connectivity index (χ2v) is 6.93. The summed E-state index contributed by atoms with van der Waals surface area (Å²) < 4.78 is 5.25. The van der Waals surface area contributed by atoms with E-state index in [1.165, 1.54) is 25.7 Å². The Labute approximate surface area is 157 Å². The first-order valence-corrected chi connectivity index (χ1v) is 9.98. The Hall–Kier alpha value is -1.63. The number of hydrogen-bond donors (Lipinski definition) is 2. The standard InChI is InChI=1S/C19H35N3O4/c1-2-3-4-5-6-7-8-9-18(24)21-16(10-11-17(20)23)19(25)22-12-14-26-15-13-22/h16H,2-15H2,1H3,(H2,20,23)(H,21,24)/t16-/m0/s1. The minimum absolute atomic E-state index is 0.0818. The number of nitrogens with zero attached hydrogens (tertiary/aromatic N) is 1. The van der Waals surface area contributed by atoms with Crippen molar-refractivity contribution < 1.29 is 19.1 Å². The largest absolute Gasteiger partial charge is 0.378 e. The summed E-state index contributed by atoms with van der Waals surface area (Å²) in [6.07, 6.45) is 8.71. The zero-order valence-electron chi connectivity index (χ0n) is 16.1. The van der Waals surface area contributed by atoms with Crippen molar-refractivity contribution in [3.8, 4) is 0 Å². The van der Waals surface area contributed by atoms with Gasteiger partial charge in [0.15, 0.2) is 0 Å². The SMILES string of the molecule is CCCCCCCCCC(=O)N[C@@H](CCC(N)=O)C(=O)N1CCOCC1. The molecule has 150 valence electrons. The average Bonchev–Trinajstić information content (AvgIpc) is 2.64. The van der Waals surface area contributed by atoms with Crippen molar-refractivity contribution in [2.75, 3.05) is 26.3 Å². The van der Waals surface area contributed by atoms with Gasteiger partial charge in [0.05, 0.1) is 13.2 Å². The normalized spacial score (nSPS) is 15.5. The number of primary amides is 1. The summed E-state index contributed by atoms with van der Waals surface area (Å²) in [5.74, 6) is -0.747. The number of ether oxygens (including phenoxy) is 1. The number of carbonyl (C=O) groups excluding carboxylic acids is 3. The monoisotopic (exact) mass is 369 g/mol. The lowest BCUT2D eigenvalue weighted by Gasteiger charge is -2.30. The lowest BCUT2D eigenvalue weighted by Crippen LogP contribution is -2.52. The molecule has 3 amide bonds. The van der Waals surface area contributed by atoms with Gasteiger partial charge in [-0.3, -0.25) is 14.4 Å². The van der Waals surface area contributed by atoms with Crippen LogP contribution < -0.4 is 11.1 Å². The van der Waals surface area contributed by atoms with Gasteiger partial charge >= 0.3 is 0 Å². The van der Waals surface area contributed by atoms with Crippen molar-refractivity contribution in [3.63, 3.8) is 0 Å². The second-order valence-electron chi connectivity index (χ2n) is 6.93. The van der Waals surface area contributed by atoms with Gasteiger partial charge in [-0.05, 0) is 12.8 Å². The Balaban J connectivity index is 2.36. The average molecular weight is 370 g/mol. The molecule has 0 aromatic heterocycles. The number of nitrogens with two attached hydrogens (primary N) is 1. The lowest BCUT2D eigenvalue weighted by molar-refractivity contribution is -0.140. The van der Waals surface area contributed by atoms with Gasteiger partial charge in [-0.1, -0.05) is 45.4 Å². The molecule has 1 rings (SSSR count). The van der Waals surface area contributed by atoms with Gasteiger partial charge in [-0.25, -0.2) is 0 Å². The van der Waals surface area contributed by atoms with E-state index in [2.05, 4.69) is 12.2 Å². The molecular weight excluding hydrogens is 334 g/mol. The molecule has 0 aromatic rings. The highest BCUT2D eigenvalue weighted by Gasteiger charge is 2.27. The molecule has 1 aliphatic heterocycles. The highest BCUT2D eigenvalue weighted by atomic mass is 16.5. The van der Waals surface area contributed by atoms with Crippen molar-refractivity contribution in [2.45, 2.75) is 77.2 Å². The van der Waals surface area contributed by atoms with Crippen molar-refractivity contribution in [1.29, 1.82) is 0 Å². The number of nitrogens with one attached hydrogen (secondary N) is 1. The third kappa shape index (κ3) is 9.75. The quantitative estimate of drug-likeness (QED) is 0.483. The van der Waals surface area contributed by atoms with Crippen molar-refractivity contribution in [2.24, 2.45) is 5.73 Å². The molecule has 0 unspecified atom stereocenters. The van der Waals surface area contributed by atoms with E-state index >= 15 is 0 Å². The Bertz CT molecular complexity index is 437. The molecular formula is C19H35N3O4. The molecule has 7 nitrogen and oxygen atoms in total. The number of unbranched alkanes of at least 4 members (excludes halogenated alkanes) is 6. The number of rotatable bonds is 13. The summed E-state index contributed by atoms with van der Waals surface area (Å²) in [5.41, 5.74) is 5.20. The molecule has 0 spiro atoms. The van der Waals surface area contributed by atoms with Crippen molar-refractivity contribution in [1.82, 2.24) is 10.2 Å². The van der Waals surface area contributed by atoms with Crippen LogP contribution in [0.2, 0.25) is 0 Å². The van der Waals surface area contributed by atoms with Gasteiger partial charge in [0.2, 0.25) is 17.7 Å². The number of hydrogen-bond acceptors (Lipinski definition) is 4. The number of morpholine rings is 1. The second kappa shape index (κ2) is 13.6. The third-order valence-electron chi connectivity index (χ3n) is 4.64. The zero-order valence-corrected chi connectivity index (χ0v) is 16.1. The van der Waals surface area contributed by atoms with Crippen LogP contribution in [0.4, 0.5) is 0 Å². The Kier molecular flexibility index (Phi) is 11.7. The first-order valence-electron chi connectivity index (χ1n) is 9.98. The molecule has 26 heavy (non-hydrogen) atoms. The fourth-order valence-corrected chi connectivity index (χ4v) is 3.06. The molecule has 0 radical (unpaired) electrons. The fourth-order valence-electron chi connectivity index (χ4n) is 3.06. The maximum Gasteiger partial charge on any atom is 0.245 e. The predicted octanol–water partition coefficient (Wildman–Crippen LogP) is 1.74. The predicted molar refractivity (Wildman–Crippen MR) is 100 cm³/mol. The summed E-state index contributed by atoms with van der Waals surface area (Å²) in [4.78, 5) is 37.6. The highest BCUT2D eigenvalue weighted by molar-refractivity contribution is 5.88. The van der Waals surface area contributed by atoms with Crippen LogP contribution in [0.3, 0.4) is 0 Å². The van der Waals surface area contributed by atoms with Gasteiger partial charge in [0.1, 0.15) is 6.04 Å². The van der Waals surface area contributed by atoms with E-state index < -0.39 is 11.9 Å². The molecule has 0 aromatic carbocycles. The van der Waals surface area contributed by atoms with Crippen molar-refractivity contribution >= 4 is 17.7 Å². The molecule has 3 N–H and O–H groups in total. The highest BCUT2D eigenvalue weighted by Crippen LogP contribution is 2.10. The summed E-state index contributed by atoms with van der Waals surface area (Å²) in [6, 6.07) is -0.683. The molecule has 0 aliphatic carbocycles. The van der Waals surface area contributed by atoms with E-state index in [4.69, 9.17) is 10.5 Å². The molecule has 1 fully saturated rings. The fraction of sp³-hybridized carbons (Fsp3) is 0.842.